The molecule has 5 heteroatoms. The predicted molar refractivity (Wildman–Crippen MR) is 90.4 cm³/mol. The van der Waals surface area contributed by atoms with Gasteiger partial charge >= 0.3 is 0 Å². The molecule has 0 unspecified atom stereocenters. The second kappa shape index (κ2) is 5.18. The summed E-state index contributed by atoms with van der Waals surface area (Å²) >= 11 is 1.59. The van der Waals surface area contributed by atoms with Gasteiger partial charge in [-0.05, 0) is 31.0 Å². The minimum Gasteiger partial charge on any atom is -0.390 e. The Hall–Kier alpha value is -1.72. The number of fused-ring (bicyclic) bond motifs is 1. The summed E-state index contributed by atoms with van der Waals surface area (Å²) in [5.74, 6) is 0. The molecule has 116 valence electrons. The van der Waals surface area contributed by atoms with Crippen molar-refractivity contribution < 1.29 is 5.11 Å². The molecule has 3 rings (SSSR count). The highest BCUT2D eigenvalue weighted by Gasteiger charge is 2.23. The lowest BCUT2D eigenvalue weighted by atomic mass is 9.98. The van der Waals surface area contributed by atoms with Crippen molar-refractivity contribution in [2.24, 2.45) is 0 Å². The van der Waals surface area contributed by atoms with Crippen LogP contribution in [0, 0.1) is 13.8 Å². The molecule has 4 nitrogen and oxygen atoms in total. The molecule has 2 heterocycles. The average molecular weight is 315 g/mol. The second-order valence-corrected chi connectivity index (χ2v) is 7.67. The van der Waals surface area contributed by atoms with Gasteiger partial charge in [-0.25, -0.2) is 9.50 Å². The number of rotatable bonds is 2. The number of aliphatic hydroxyl groups is 1. The fourth-order valence-corrected chi connectivity index (χ4v) is 3.33. The van der Waals surface area contributed by atoms with E-state index in [1.165, 1.54) is 11.1 Å². The molecule has 3 aromatic rings. The van der Waals surface area contributed by atoms with E-state index in [0.717, 1.165) is 26.9 Å². The third kappa shape index (κ3) is 2.44. The minimum absolute atomic E-state index is 0.0152. The monoisotopic (exact) mass is 315 g/mol. The van der Waals surface area contributed by atoms with Gasteiger partial charge in [0.2, 0.25) is 4.96 Å². The SMILES string of the molecule is Cc1ccc(-c2nc3sc(C(C)(C)C)nn3c2CO)cc1C. The topological polar surface area (TPSA) is 50.4 Å². The largest absolute Gasteiger partial charge is 0.390 e. The molecule has 1 aromatic carbocycles. The zero-order valence-electron chi connectivity index (χ0n) is 13.6. The van der Waals surface area contributed by atoms with Crippen LogP contribution in [0.15, 0.2) is 18.2 Å². The lowest BCUT2D eigenvalue weighted by molar-refractivity contribution is 0.274. The van der Waals surface area contributed by atoms with Crippen molar-refractivity contribution in [2.45, 2.75) is 46.6 Å². The molecule has 0 aliphatic rings. The van der Waals surface area contributed by atoms with Gasteiger partial charge in [-0.1, -0.05) is 44.2 Å². The van der Waals surface area contributed by atoms with E-state index in [0.29, 0.717) is 0 Å². The van der Waals surface area contributed by atoms with Gasteiger partial charge in [-0.3, -0.25) is 0 Å². The lowest BCUT2D eigenvalue weighted by Gasteiger charge is -2.12. The van der Waals surface area contributed by atoms with E-state index in [-0.39, 0.29) is 12.0 Å². The Labute approximate surface area is 134 Å². The van der Waals surface area contributed by atoms with Gasteiger partial charge < -0.3 is 5.11 Å². The summed E-state index contributed by atoms with van der Waals surface area (Å²) < 4.78 is 1.79. The maximum absolute atomic E-state index is 9.81. The summed E-state index contributed by atoms with van der Waals surface area (Å²) in [6, 6.07) is 6.26. The van der Waals surface area contributed by atoms with Crippen LogP contribution in [0.2, 0.25) is 0 Å². The molecule has 0 aliphatic carbocycles. The van der Waals surface area contributed by atoms with E-state index in [4.69, 9.17) is 4.98 Å². The van der Waals surface area contributed by atoms with Crippen LogP contribution in [0.1, 0.15) is 42.6 Å². The van der Waals surface area contributed by atoms with Crippen LogP contribution in [0.4, 0.5) is 0 Å². The third-order valence-corrected chi connectivity index (χ3v) is 5.20. The van der Waals surface area contributed by atoms with Gasteiger partial charge in [0.05, 0.1) is 18.0 Å². The van der Waals surface area contributed by atoms with Crippen molar-refractivity contribution in [3.05, 3.63) is 40.0 Å². The fourth-order valence-electron chi connectivity index (χ4n) is 2.36. The number of aliphatic hydroxyl groups excluding tert-OH is 1. The Balaban J connectivity index is 2.18. The number of benzene rings is 1. The van der Waals surface area contributed by atoms with Crippen molar-refractivity contribution in [3.8, 4) is 11.3 Å². The Bertz CT molecular complexity index is 840. The molecule has 0 radical (unpaired) electrons. The standard InChI is InChI=1S/C17H21N3OS/c1-10-6-7-12(8-11(10)2)14-13(9-21)20-16(18-14)22-15(19-20)17(3,4)5/h6-8,21H,9H2,1-5H3. The maximum atomic E-state index is 9.81. The van der Waals surface area contributed by atoms with Crippen molar-refractivity contribution in [2.75, 3.05) is 0 Å². The molecule has 1 N–H and O–H groups in total. The van der Waals surface area contributed by atoms with Gasteiger partial charge in [0, 0.05) is 11.0 Å². The maximum Gasteiger partial charge on any atom is 0.213 e. The zero-order chi connectivity index (χ0) is 16.1. The zero-order valence-corrected chi connectivity index (χ0v) is 14.5. The minimum atomic E-state index is -0.0727. The van der Waals surface area contributed by atoms with Crippen LogP contribution >= 0.6 is 11.3 Å². The molecule has 0 aliphatic heterocycles. The summed E-state index contributed by atoms with van der Waals surface area (Å²) in [5, 5.41) is 15.5. The number of imidazole rings is 1. The third-order valence-electron chi connectivity index (χ3n) is 3.87. The highest BCUT2D eigenvalue weighted by Crippen LogP contribution is 2.32. The number of aryl methyl sites for hydroxylation is 2. The molecule has 0 spiro atoms. The number of hydrogen-bond donors (Lipinski definition) is 1. The van der Waals surface area contributed by atoms with Crippen LogP contribution < -0.4 is 0 Å². The van der Waals surface area contributed by atoms with Crippen LogP contribution in [-0.2, 0) is 12.0 Å². The van der Waals surface area contributed by atoms with Crippen LogP contribution in [0.25, 0.3) is 16.2 Å². The summed E-state index contributed by atoms with van der Waals surface area (Å²) in [5.41, 5.74) is 5.07. The van der Waals surface area contributed by atoms with E-state index in [9.17, 15) is 5.11 Å². The summed E-state index contributed by atoms with van der Waals surface area (Å²) in [4.78, 5) is 5.55. The molecule has 0 saturated heterocycles. The Morgan fingerprint density at radius 2 is 1.91 bits per heavy atom. The molecule has 0 atom stereocenters. The van der Waals surface area contributed by atoms with E-state index in [1.807, 2.05) is 0 Å². The average Bonchev–Trinajstić information content (AvgIpc) is 2.98. The van der Waals surface area contributed by atoms with Crippen LogP contribution in [0.3, 0.4) is 0 Å². The van der Waals surface area contributed by atoms with Gasteiger partial charge in [-0.2, -0.15) is 5.10 Å². The van der Waals surface area contributed by atoms with Gasteiger partial charge in [0.1, 0.15) is 5.01 Å². The summed E-state index contributed by atoms with van der Waals surface area (Å²) in [6.07, 6.45) is 0. The molecule has 0 fully saturated rings. The predicted octanol–water partition coefficient (Wildman–Crippen LogP) is 3.86. The second-order valence-electron chi connectivity index (χ2n) is 6.72. The molecule has 22 heavy (non-hydrogen) atoms. The molecule has 0 amide bonds. The van der Waals surface area contributed by atoms with E-state index in [1.54, 1.807) is 15.9 Å². The first kappa shape index (κ1) is 15.2. The van der Waals surface area contributed by atoms with E-state index < -0.39 is 0 Å². The highest BCUT2D eigenvalue weighted by molar-refractivity contribution is 7.16. The highest BCUT2D eigenvalue weighted by atomic mass is 32.1. The summed E-state index contributed by atoms with van der Waals surface area (Å²) in [6.45, 7) is 10.5. The quantitative estimate of drug-likeness (QED) is 0.781. The molecule has 0 saturated carbocycles. The van der Waals surface area contributed by atoms with Gasteiger partial charge in [0.15, 0.2) is 0 Å². The fraction of sp³-hybridized carbons (Fsp3) is 0.412. The smallest absolute Gasteiger partial charge is 0.213 e. The van der Waals surface area contributed by atoms with Crippen LogP contribution in [-0.4, -0.2) is 19.7 Å². The Morgan fingerprint density at radius 3 is 2.50 bits per heavy atom. The number of hydrogen-bond acceptors (Lipinski definition) is 4. The van der Waals surface area contributed by atoms with Crippen molar-refractivity contribution in [1.29, 1.82) is 0 Å². The molecular formula is C17H21N3OS. The number of nitrogens with zero attached hydrogens (tertiary/aromatic N) is 3. The Kier molecular flexibility index (Phi) is 3.57. The van der Waals surface area contributed by atoms with Crippen molar-refractivity contribution >= 4 is 16.3 Å². The van der Waals surface area contributed by atoms with Crippen LogP contribution in [0.5, 0.6) is 0 Å². The molecule has 0 bridgehead atoms. The Morgan fingerprint density at radius 1 is 1.18 bits per heavy atom. The van der Waals surface area contributed by atoms with Crippen molar-refractivity contribution in [3.63, 3.8) is 0 Å². The lowest BCUT2D eigenvalue weighted by Crippen LogP contribution is -2.11. The number of aromatic nitrogens is 3. The van der Waals surface area contributed by atoms with Crippen molar-refractivity contribution in [1.82, 2.24) is 14.6 Å². The van der Waals surface area contributed by atoms with E-state index >= 15 is 0 Å². The van der Waals surface area contributed by atoms with Gasteiger partial charge in [0.25, 0.3) is 0 Å². The molecule has 2 aromatic heterocycles. The first-order chi connectivity index (χ1) is 10.3. The van der Waals surface area contributed by atoms with E-state index in [2.05, 4.69) is 57.9 Å². The first-order valence-corrected chi connectivity index (χ1v) is 8.20. The normalized spacial score (nSPS) is 12.3. The molecular weight excluding hydrogens is 294 g/mol. The first-order valence-electron chi connectivity index (χ1n) is 7.38. The van der Waals surface area contributed by atoms with Gasteiger partial charge in [-0.15, -0.1) is 0 Å². The summed E-state index contributed by atoms with van der Waals surface area (Å²) in [7, 11) is 0.